The zero-order valence-corrected chi connectivity index (χ0v) is 11.8. The number of fused-ring (bicyclic) bond motifs is 5. The molecule has 0 bridgehead atoms. The van der Waals surface area contributed by atoms with Crippen molar-refractivity contribution in [2.24, 2.45) is 0 Å². The molecule has 0 N–H and O–H groups in total. The molecule has 0 radical (unpaired) electrons. The lowest BCUT2D eigenvalue weighted by molar-refractivity contribution is 1.74. The molecule has 0 fully saturated rings. The Labute approximate surface area is 119 Å². The Morgan fingerprint density at radius 3 is 2.05 bits per heavy atom. The molecule has 0 atom stereocenters. The summed E-state index contributed by atoms with van der Waals surface area (Å²) in [6.45, 7) is 0. The van der Waals surface area contributed by atoms with Crippen molar-refractivity contribution in [2.45, 2.75) is 0 Å². The van der Waals surface area contributed by atoms with Crippen molar-refractivity contribution < 1.29 is 0 Å². The Bertz CT molecular complexity index is 922. The third-order valence-corrected chi connectivity index (χ3v) is 4.42. The van der Waals surface area contributed by atoms with E-state index >= 15 is 0 Å². The minimum atomic E-state index is 1.15. The van der Waals surface area contributed by atoms with E-state index in [-0.39, 0.29) is 0 Å². The first-order valence-electron chi connectivity index (χ1n) is 6.33. The van der Waals surface area contributed by atoms with Gasteiger partial charge in [-0.2, -0.15) is 0 Å². The van der Waals surface area contributed by atoms with Gasteiger partial charge in [0.15, 0.2) is 0 Å². The van der Waals surface area contributed by atoms with Gasteiger partial charge in [-0.3, -0.25) is 0 Å². The maximum Gasteiger partial charge on any atom is 0.0253 e. The van der Waals surface area contributed by atoms with Crippen molar-refractivity contribution in [1.82, 2.24) is 0 Å². The van der Waals surface area contributed by atoms with Crippen LogP contribution in [0.2, 0.25) is 0 Å². The largest absolute Gasteiger partial charge is 0.0616 e. The van der Waals surface area contributed by atoms with Gasteiger partial charge in [0.2, 0.25) is 0 Å². The van der Waals surface area contributed by atoms with Gasteiger partial charge < -0.3 is 0 Å². The van der Waals surface area contributed by atoms with Crippen molar-refractivity contribution in [3.8, 4) is 0 Å². The van der Waals surface area contributed by atoms with Crippen LogP contribution in [0.15, 0.2) is 71.2 Å². The van der Waals surface area contributed by atoms with Crippen molar-refractivity contribution in [2.75, 3.05) is 0 Å². The summed E-state index contributed by atoms with van der Waals surface area (Å²) in [5, 5.41) is 7.83. The number of halogens is 1. The molecule has 0 amide bonds. The fourth-order valence-corrected chi connectivity index (χ4v) is 3.32. The van der Waals surface area contributed by atoms with Crippen LogP contribution in [0.3, 0.4) is 0 Å². The molecule has 4 rings (SSSR count). The van der Waals surface area contributed by atoms with Crippen LogP contribution in [0.25, 0.3) is 32.3 Å². The van der Waals surface area contributed by atoms with Gasteiger partial charge >= 0.3 is 0 Å². The van der Waals surface area contributed by atoms with Crippen LogP contribution < -0.4 is 0 Å². The zero-order chi connectivity index (χ0) is 12.8. The molecule has 0 nitrogen and oxygen atoms in total. The van der Waals surface area contributed by atoms with E-state index in [4.69, 9.17) is 0 Å². The van der Waals surface area contributed by atoms with Gasteiger partial charge in [-0.05, 0) is 38.4 Å². The lowest BCUT2D eigenvalue weighted by Crippen LogP contribution is -1.81. The first-order valence-corrected chi connectivity index (χ1v) is 7.12. The molecule has 0 spiro atoms. The predicted molar refractivity (Wildman–Crippen MR) is 86.7 cm³/mol. The van der Waals surface area contributed by atoms with E-state index in [2.05, 4.69) is 82.7 Å². The maximum atomic E-state index is 3.63. The van der Waals surface area contributed by atoms with E-state index in [9.17, 15) is 0 Å². The molecule has 0 aliphatic carbocycles. The fourth-order valence-electron chi connectivity index (χ4n) is 2.82. The summed E-state index contributed by atoms with van der Waals surface area (Å²) >= 11 is 3.63. The number of rotatable bonds is 0. The molecule has 0 aliphatic heterocycles. The van der Waals surface area contributed by atoms with Crippen LogP contribution in [0.4, 0.5) is 0 Å². The fraction of sp³-hybridized carbons (Fsp3) is 0. The molecule has 0 aromatic heterocycles. The summed E-state index contributed by atoms with van der Waals surface area (Å²) in [4.78, 5) is 0. The minimum absolute atomic E-state index is 1.15. The quantitative estimate of drug-likeness (QED) is 0.354. The minimum Gasteiger partial charge on any atom is -0.0616 e. The van der Waals surface area contributed by atoms with Crippen LogP contribution in [0, 0.1) is 0 Å². The van der Waals surface area contributed by atoms with Gasteiger partial charge in [-0.25, -0.2) is 0 Å². The van der Waals surface area contributed by atoms with Gasteiger partial charge in [0.1, 0.15) is 0 Å². The Balaban J connectivity index is 2.29. The van der Waals surface area contributed by atoms with E-state index in [0.29, 0.717) is 0 Å². The molecule has 0 saturated carbocycles. The van der Waals surface area contributed by atoms with Gasteiger partial charge in [0.25, 0.3) is 0 Å². The van der Waals surface area contributed by atoms with E-state index in [1.165, 1.54) is 32.3 Å². The van der Waals surface area contributed by atoms with E-state index in [1.807, 2.05) is 0 Å². The normalized spacial score (nSPS) is 11.4. The Morgan fingerprint density at radius 2 is 1.11 bits per heavy atom. The molecular weight excluding hydrogens is 296 g/mol. The topological polar surface area (TPSA) is 0 Å². The molecule has 90 valence electrons. The SMILES string of the molecule is Brc1cccc2c1ccc1c3ccccc3ccc21. The molecule has 0 unspecified atom stereocenters. The van der Waals surface area contributed by atoms with Crippen LogP contribution in [-0.4, -0.2) is 0 Å². The molecule has 4 aromatic rings. The second kappa shape index (κ2) is 4.07. The highest BCUT2D eigenvalue weighted by Gasteiger charge is 2.05. The monoisotopic (exact) mass is 306 g/mol. The van der Waals surface area contributed by atoms with Crippen LogP contribution in [0.1, 0.15) is 0 Å². The van der Waals surface area contributed by atoms with Gasteiger partial charge in [0.05, 0.1) is 0 Å². The van der Waals surface area contributed by atoms with Crippen molar-refractivity contribution >= 4 is 48.2 Å². The summed E-state index contributed by atoms with van der Waals surface area (Å²) in [5.74, 6) is 0. The third kappa shape index (κ3) is 1.58. The summed E-state index contributed by atoms with van der Waals surface area (Å²) in [7, 11) is 0. The molecule has 1 heteroatoms. The van der Waals surface area contributed by atoms with Crippen LogP contribution in [0.5, 0.6) is 0 Å². The molecule has 4 aromatic carbocycles. The van der Waals surface area contributed by atoms with E-state index in [1.54, 1.807) is 0 Å². The Morgan fingerprint density at radius 1 is 0.474 bits per heavy atom. The average Bonchev–Trinajstić information content (AvgIpc) is 2.47. The number of hydrogen-bond donors (Lipinski definition) is 0. The first-order chi connectivity index (χ1) is 9.34. The van der Waals surface area contributed by atoms with Gasteiger partial charge in [-0.1, -0.05) is 76.6 Å². The highest BCUT2D eigenvalue weighted by Crippen LogP contribution is 2.33. The Kier molecular flexibility index (Phi) is 2.36. The Hall–Kier alpha value is -1.86. The molecule has 0 aliphatic rings. The van der Waals surface area contributed by atoms with Crippen LogP contribution in [-0.2, 0) is 0 Å². The zero-order valence-electron chi connectivity index (χ0n) is 10.2. The van der Waals surface area contributed by atoms with Crippen molar-refractivity contribution in [3.05, 3.63) is 71.2 Å². The van der Waals surface area contributed by atoms with E-state index in [0.717, 1.165) is 4.47 Å². The molecular formula is C18H11Br. The number of hydrogen-bond acceptors (Lipinski definition) is 0. The van der Waals surface area contributed by atoms with E-state index < -0.39 is 0 Å². The maximum absolute atomic E-state index is 3.63. The lowest BCUT2D eigenvalue weighted by Gasteiger charge is -2.08. The summed E-state index contributed by atoms with van der Waals surface area (Å²) in [6.07, 6.45) is 0. The van der Waals surface area contributed by atoms with Crippen LogP contribution >= 0.6 is 15.9 Å². The first kappa shape index (κ1) is 11.0. The molecule has 0 heterocycles. The highest BCUT2D eigenvalue weighted by molar-refractivity contribution is 9.10. The summed E-state index contributed by atoms with van der Waals surface area (Å²) < 4.78 is 1.15. The van der Waals surface area contributed by atoms with Crippen molar-refractivity contribution in [1.29, 1.82) is 0 Å². The number of benzene rings is 4. The van der Waals surface area contributed by atoms with Gasteiger partial charge in [-0.15, -0.1) is 0 Å². The second-order valence-corrected chi connectivity index (χ2v) is 5.64. The standard InChI is InChI=1S/C18H11Br/c19-18-7-3-6-14-16-9-8-12-4-1-2-5-13(12)15(16)10-11-17(14)18/h1-11H. The van der Waals surface area contributed by atoms with Gasteiger partial charge in [0, 0.05) is 4.47 Å². The smallest absolute Gasteiger partial charge is 0.0253 e. The second-order valence-electron chi connectivity index (χ2n) is 4.78. The summed E-state index contributed by atoms with van der Waals surface area (Å²) in [6, 6.07) is 23.8. The molecule has 19 heavy (non-hydrogen) atoms. The predicted octanol–water partition coefficient (Wildman–Crippen LogP) is 5.91. The third-order valence-electron chi connectivity index (χ3n) is 3.73. The summed E-state index contributed by atoms with van der Waals surface area (Å²) in [5.41, 5.74) is 0. The lowest BCUT2D eigenvalue weighted by atomic mass is 9.97. The van der Waals surface area contributed by atoms with Crippen molar-refractivity contribution in [3.63, 3.8) is 0 Å². The molecule has 0 saturated heterocycles. The highest BCUT2D eigenvalue weighted by atomic mass is 79.9. The average molecular weight is 307 g/mol.